The highest BCUT2D eigenvalue weighted by atomic mass is 14.7. The molecule has 0 bridgehead atoms. The summed E-state index contributed by atoms with van der Waals surface area (Å²) in [6, 6.07) is 76.4. The molecule has 3 nitrogen and oxygen atoms in total. The Kier molecular flexibility index (Phi) is 9.41. The number of pyridine rings is 3. The zero-order valence-electron chi connectivity index (χ0n) is 30.2. The fourth-order valence-corrected chi connectivity index (χ4v) is 7.27. The van der Waals surface area contributed by atoms with E-state index in [-0.39, 0.29) is 5.92 Å². The normalized spacial score (nSPS) is 11.1. The van der Waals surface area contributed by atoms with Crippen molar-refractivity contribution < 1.29 is 0 Å². The summed E-state index contributed by atoms with van der Waals surface area (Å²) in [6.45, 7) is 0. The molecule has 6 aromatic carbocycles. The van der Waals surface area contributed by atoms with Crippen LogP contribution in [-0.2, 0) is 0 Å². The molecule has 3 heteroatoms. The van der Waals surface area contributed by atoms with Gasteiger partial charge in [0.1, 0.15) is 0 Å². The molecule has 0 unspecified atom stereocenters. The number of nitrogens with zero attached hydrogens (tertiary/aromatic N) is 3. The number of hydrogen-bond donors (Lipinski definition) is 0. The van der Waals surface area contributed by atoms with Crippen LogP contribution in [0.3, 0.4) is 0 Å². The summed E-state index contributed by atoms with van der Waals surface area (Å²) in [5.41, 5.74) is 15.3. The fourth-order valence-electron chi connectivity index (χ4n) is 7.27. The molecule has 0 aliphatic rings. The predicted molar refractivity (Wildman–Crippen MR) is 226 cm³/mol. The minimum absolute atomic E-state index is 0.214. The molecule has 0 saturated heterocycles. The van der Waals surface area contributed by atoms with Crippen molar-refractivity contribution >= 4 is 0 Å². The molecule has 9 rings (SSSR count). The van der Waals surface area contributed by atoms with E-state index in [2.05, 4.69) is 218 Å². The van der Waals surface area contributed by atoms with Crippen molar-refractivity contribution in [3.05, 3.63) is 235 Å². The molecule has 0 atom stereocenters. The highest BCUT2D eigenvalue weighted by molar-refractivity contribution is 5.74. The highest BCUT2D eigenvalue weighted by Crippen LogP contribution is 2.41. The van der Waals surface area contributed by atoms with Gasteiger partial charge in [0.15, 0.2) is 0 Å². The summed E-state index contributed by atoms with van der Waals surface area (Å²) in [4.78, 5) is 15.8. The Bertz CT molecular complexity index is 2190. The SMILES string of the molecule is c1ccc(-c2cc(C(c3cc(-c4ccccc4)nc(-c4ccccc4)c3)c3cc(-c4ccccc4)nc(-c4ccccc4)c3)cc(-c3ccccc3)n2)cc1. The van der Waals surface area contributed by atoms with E-state index in [4.69, 9.17) is 15.0 Å². The number of rotatable bonds is 9. The van der Waals surface area contributed by atoms with Gasteiger partial charge in [-0.25, -0.2) is 15.0 Å². The molecule has 0 aliphatic heterocycles. The third kappa shape index (κ3) is 7.37. The summed E-state index contributed by atoms with van der Waals surface area (Å²) < 4.78 is 0. The number of aromatic nitrogens is 3. The van der Waals surface area contributed by atoms with E-state index in [0.717, 1.165) is 84.2 Å². The van der Waals surface area contributed by atoms with Crippen LogP contribution in [0, 0.1) is 0 Å². The van der Waals surface area contributed by atoms with Crippen molar-refractivity contribution in [2.24, 2.45) is 0 Å². The molecule has 9 aromatic rings. The molecule has 3 heterocycles. The zero-order chi connectivity index (χ0) is 36.8. The summed E-state index contributed by atoms with van der Waals surface area (Å²) in [5, 5.41) is 0. The lowest BCUT2D eigenvalue weighted by Gasteiger charge is -2.23. The molecule has 3 aromatic heterocycles. The second-order valence-electron chi connectivity index (χ2n) is 13.6. The lowest BCUT2D eigenvalue weighted by molar-refractivity contribution is 0.964. The maximum Gasteiger partial charge on any atom is 0.0712 e. The second-order valence-corrected chi connectivity index (χ2v) is 13.6. The monoisotopic (exact) mass is 703 g/mol. The Morgan fingerprint density at radius 1 is 0.218 bits per heavy atom. The van der Waals surface area contributed by atoms with Crippen LogP contribution >= 0.6 is 0 Å². The molecule has 0 fully saturated rings. The largest absolute Gasteiger partial charge is 0.248 e. The van der Waals surface area contributed by atoms with E-state index in [1.165, 1.54) is 0 Å². The first-order valence-corrected chi connectivity index (χ1v) is 18.6. The van der Waals surface area contributed by atoms with Gasteiger partial charge < -0.3 is 0 Å². The van der Waals surface area contributed by atoms with Crippen LogP contribution in [0.2, 0.25) is 0 Å². The first kappa shape index (κ1) is 33.6. The quantitative estimate of drug-likeness (QED) is 0.150. The minimum Gasteiger partial charge on any atom is -0.248 e. The maximum atomic E-state index is 5.28. The predicted octanol–water partition coefficient (Wildman–Crippen LogP) is 13.1. The van der Waals surface area contributed by atoms with Gasteiger partial charge in [-0.2, -0.15) is 0 Å². The summed E-state index contributed by atoms with van der Waals surface area (Å²) in [6.07, 6.45) is 0. The molecule has 260 valence electrons. The maximum absolute atomic E-state index is 5.28. The van der Waals surface area contributed by atoms with Crippen molar-refractivity contribution in [1.82, 2.24) is 15.0 Å². The molecular formula is C52H37N3. The van der Waals surface area contributed by atoms with Gasteiger partial charge in [0, 0.05) is 39.3 Å². The van der Waals surface area contributed by atoms with Crippen molar-refractivity contribution in [2.45, 2.75) is 5.92 Å². The minimum atomic E-state index is -0.214. The van der Waals surface area contributed by atoms with Crippen LogP contribution in [0.1, 0.15) is 22.6 Å². The average Bonchev–Trinajstić information content (AvgIpc) is 3.28. The van der Waals surface area contributed by atoms with Crippen LogP contribution in [0.4, 0.5) is 0 Å². The molecule has 0 aliphatic carbocycles. The first-order chi connectivity index (χ1) is 27.2. The van der Waals surface area contributed by atoms with Gasteiger partial charge in [-0.05, 0) is 53.1 Å². The van der Waals surface area contributed by atoms with Gasteiger partial charge >= 0.3 is 0 Å². The number of benzene rings is 6. The van der Waals surface area contributed by atoms with Crippen LogP contribution in [-0.4, -0.2) is 15.0 Å². The zero-order valence-corrected chi connectivity index (χ0v) is 30.2. The fraction of sp³-hybridized carbons (Fsp3) is 0.0192. The molecule has 0 N–H and O–H groups in total. The Labute approximate surface area is 322 Å². The molecular weight excluding hydrogens is 667 g/mol. The Morgan fingerprint density at radius 2 is 0.382 bits per heavy atom. The van der Waals surface area contributed by atoms with Crippen molar-refractivity contribution in [2.75, 3.05) is 0 Å². The lowest BCUT2D eigenvalue weighted by atomic mass is 9.82. The Balaban J connectivity index is 1.36. The number of hydrogen-bond acceptors (Lipinski definition) is 3. The van der Waals surface area contributed by atoms with Gasteiger partial charge in [0.05, 0.1) is 34.2 Å². The average molecular weight is 704 g/mol. The molecule has 0 saturated carbocycles. The summed E-state index contributed by atoms with van der Waals surface area (Å²) in [7, 11) is 0. The third-order valence-electron chi connectivity index (χ3n) is 9.96. The molecule has 0 radical (unpaired) electrons. The first-order valence-electron chi connectivity index (χ1n) is 18.6. The van der Waals surface area contributed by atoms with Crippen LogP contribution in [0.5, 0.6) is 0 Å². The third-order valence-corrected chi connectivity index (χ3v) is 9.96. The van der Waals surface area contributed by atoms with Crippen LogP contribution in [0.15, 0.2) is 218 Å². The highest BCUT2D eigenvalue weighted by Gasteiger charge is 2.24. The Hall–Kier alpha value is -7.23. The van der Waals surface area contributed by atoms with E-state index < -0.39 is 0 Å². The van der Waals surface area contributed by atoms with Crippen molar-refractivity contribution in [3.63, 3.8) is 0 Å². The molecule has 0 spiro atoms. The Morgan fingerprint density at radius 3 is 0.545 bits per heavy atom. The van der Waals surface area contributed by atoms with Gasteiger partial charge in [-0.3, -0.25) is 0 Å². The smallest absolute Gasteiger partial charge is 0.0712 e. The molecule has 0 amide bonds. The van der Waals surface area contributed by atoms with E-state index >= 15 is 0 Å². The van der Waals surface area contributed by atoms with Gasteiger partial charge in [0.25, 0.3) is 0 Å². The van der Waals surface area contributed by atoms with Crippen molar-refractivity contribution in [3.8, 4) is 67.5 Å². The van der Waals surface area contributed by atoms with E-state index in [0.29, 0.717) is 0 Å². The van der Waals surface area contributed by atoms with Crippen LogP contribution < -0.4 is 0 Å². The van der Waals surface area contributed by atoms with Crippen LogP contribution in [0.25, 0.3) is 67.5 Å². The van der Waals surface area contributed by atoms with E-state index in [1.54, 1.807) is 0 Å². The summed E-state index contributed by atoms with van der Waals surface area (Å²) >= 11 is 0. The van der Waals surface area contributed by atoms with Gasteiger partial charge in [-0.15, -0.1) is 0 Å². The standard InChI is InChI=1S/C52H37N3/c1-7-19-37(20-8-1)46-31-43(32-47(53-46)38-21-9-2-10-22-38)52(44-33-48(39-23-11-3-12-24-39)54-49(34-44)40-25-13-4-14-26-40)45-35-50(41-27-15-5-16-28-41)55-51(36-45)42-29-17-6-18-30-42/h1-36,52H. The van der Waals surface area contributed by atoms with E-state index in [9.17, 15) is 0 Å². The molecule has 55 heavy (non-hydrogen) atoms. The second kappa shape index (κ2) is 15.4. The topological polar surface area (TPSA) is 38.7 Å². The van der Waals surface area contributed by atoms with E-state index in [1.807, 2.05) is 0 Å². The van der Waals surface area contributed by atoms with Crippen molar-refractivity contribution in [1.29, 1.82) is 0 Å². The lowest BCUT2D eigenvalue weighted by Crippen LogP contribution is -2.08. The summed E-state index contributed by atoms with van der Waals surface area (Å²) in [5.74, 6) is -0.214. The van der Waals surface area contributed by atoms with Gasteiger partial charge in [-0.1, -0.05) is 182 Å². The van der Waals surface area contributed by atoms with Gasteiger partial charge in [0.2, 0.25) is 0 Å².